The number of carbonyl (C=O) groups is 2. The number of hydrogen-bond donors (Lipinski definition) is 2. The molecule has 1 aromatic carbocycles. The van der Waals surface area contributed by atoms with E-state index in [1.54, 1.807) is 20.8 Å². The molecule has 1 aromatic rings. The quantitative estimate of drug-likeness (QED) is 0.341. The lowest BCUT2D eigenvalue weighted by Gasteiger charge is -2.13. The lowest BCUT2D eigenvalue weighted by atomic mass is 10.1. The fourth-order valence-electron chi connectivity index (χ4n) is 2.06. The number of nitrogens with one attached hydrogen (secondary N) is 1. The summed E-state index contributed by atoms with van der Waals surface area (Å²) >= 11 is 0. The van der Waals surface area contributed by atoms with Crippen LogP contribution in [0.25, 0.3) is 0 Å². The summed E-state index contributed by atoms with van der Waals surface area (Å²) in [6.07, 6.45) is 0.178. The Bertz CT molecular complexity index is 615. The standard InChI is InChI=1S/C15H21N3O5/c1-4-23-13(19)7-10(3)8-17-15(20)11-5-9(2)6-12(14(11)16)18(21)22/h5-6,10H,4,7-8,16H2,1-3H3,(H,17,20)/t10-/m1/s1. The molecule has 0 heterocycles. The summed E-state index contributed by atoms with van der Waals surface area (Å²) in [4.78, 5) is 33.9. The van der Waals surface area contributed by atoms with Gasteiger partial charge in [-0.05, 0) is 31.4 Å². The van der Waals surface area contributed by atoms with Crippen LogP contribution in [0.4, 0.5) is 11.4 Å². The summed E-state index contributed by atoms with van der Waals surface area (Å²) in [5.74, 6) is -0.969. The zero-order chi connectivity index (χ0) is 17.6. The summed E-state index contributed by atoms with van der Waals surface area (Å²) in [7, 11) is 0. The summed E-state index contributed by atoms with van der Waals surface area (Å²) in [6.45, 7) is 5.70. The summed E-state index contributed by atoms with van der Waals surface area (Å²) in [5.41, 5.74) is 5.86. The van der Waals surface area contributed by atoms with Crippen LogP contribution in [0.1, 0.15) is 36.2 Å². The first-order chi connectivity index (χ1) is 10.8. The van der Waals surface area contributed by atoms with Gasteiger partial charge in [0.2, 0.25) is 0 Å². The maximum atomic E-state index is 12.2. The third kappa shape index (κ3) is 5.24. The third-order valence-electron chi connectivity index (χ3n) is 3.18. The van der Waals surface area contributed by atoms with Crippen molar-refractivity contribution in [3.8, 4) is 0 Å². The predicted molar refractivity (Wildman–Crippen MR) is 85.0 cm³/mol. The molecule has 23 heavy (non-hydrogen) atoms. The lowest BCUT2D eigenvalue weighted by molar-refractivity contribution is -0.384. The van der Waals surface area contributed by atoms with Crippen LogP contribution in [-0.2, 0) is 9.53 Å². The topological polar surface area (TPSA) is 125 Å². The van der Waals surface area contributed by atoms with Crippen LogP contribution in [0.3, 0.4) is 0 Å². The maximum absolute atomic E-state index is 12.2. The van der Waals surface area contributed by atoms with Crippen molar-refractivity contribution in [3.63, 3.8) is 0 Å². The highest BCUT2D eigenvalue weighted by molar-refractivity contribution is 6.01. The van der Waals surface area contributed by atoms with Crippen LogP contribution in [0.5, 0.6) is 0 Å². The van der Waals surface area contributed by atoms with E-state index in [0.717, 1.165) is 0 Å². The number of hydrogen-bond acceptors (Lipinski definition) is 6. The molecular weight excluding hydrogens is 302 g/mol. The Morgan fingerprint density at radius 1 is 1.43 bits per heavy atom. The Labute approximate surface area is 134 Å². The summed E-state index contributed by atoms with van der Waals surface area (Å²) in [5, 5.41) is 13.6. The fraction of sp³-hybridized carbons (Fsp3) is 0.467. The molecule has 0 saturated heterocycles. The second-order valence-electron chi connectivity index (χ2n) is 5.33. The highest BCUT2D eigenvalue weighted by Crippen LogP contribution is 2.27. The molecule has 0 bridgehead atoms. The lowest BCUT2D eigenvalue weighted by Crippen LogP contribution is -2.30. The molecule has 0 unspecified atom stereocenters. The second kappa shape index (κ2) is 8.11. The zero-order valence-electron chi connectivity index (χ0n) is 13.4. The molecule has 1 amide bonds. The van der Waals surface area contributed by atoms with Crippen LogP contribution < -0.4 is 11.1 Å². The SMILES string of the molecule is CCOC(=O)C[C@@H](C)CNC(=O)c1cc(C)cc([N+](=O)[O-])c1N. The number of aryl methyl sites for hydroxylation is 1. The van der Waals surface area contributed by atoms with E-state index in [1.165, 1.54) is 12.1 Å². The van der Waals surface area contributed by atoms with Gasteiger partial charge < -0.3 is 15.8 Å². The van der Waals surface area contributed by atoms with Gasteiger partial charge in [0.05, 0.1) is 17.1 Å². The van der Waals surface area contributed by atoms with Gasteiger partial charge in [0.15, 0.2) is 0 Å². The van der Waals surface area contributed by atoms with E-state index in [2.05, 4.69) is 5.32 Å². The van der Waals surface area contributed by atoms with Gasteiger partial charge in [-0.1, -0.05) is 6.92 Å². The largest absolute Gasteiger partial charge is 0.466 e. The molecular formula is C15H21N3O5. The van der Waals surface area contributed by atoms with E-state index in [1.807, 2.05) is 0 Å². The second-order valence-corrected chi connectivity index (χ2v) is 5.33. The zero-order valence-corrected chi connectivity index (χ0v) is 13.4. The van der Waals surface area contributed by atoms with Crippen molar-refractivity contribution in [1.29, 1.82) is 0 Å². The van der Waals surface area contributed by atoms with Gasteiger partial charge >= 0.3 is 5.97 Å². The van der Waals surface area contributed by atoms with Crippen LogP contribution in [0.2, 0.25) is 0 Å². The molecule has 0 fully saturated rings. The van der Waals surface area contributed by atoms with Crippen LogP contribution >= 0.6 is 0 Å². The molecule has 0 aliphatic heterocycles. The van der Waals surface area contributed by atoms with E-state index in [9.17, 15) is 19.7 Å². The Morgan fingerprint density at radius 2 is 2.09 bits per heavy atom. The third-order valence-corrected chi connectivity index (χ3v) is 3.18. The molecule has 0 aromatic heterocycles. The molecule has 0 aliphatic rings. The predicted octanol–water partition coefficient (Wildman–Crippen LogP) is 1.80. The molecule has 1 rings (SSSR count). The minimum Gasteiger partial charge on any atom is -0.466 e. The first-order valence-electron chi connectivity index (χ1n) is 7.24. The Balaban J connectivity index is 2.75. The van der Waals surface area contributed by atoms with E-state index < -0.39 is 10.8 Å². The molecule has 8 nitrogen and oxygen atoms in total. The van der Waals surface area contributed by atoms with E-state index in [0.29, 0.717) is 12.2 Å². The number of amides is 1. The number of nitrogens with zero attached hydrogens (tertiary/aromatic N) is 1. The van der Waals surface area contributed by atoms with E-state index in [-0.39, 0.29) is 41.8 Å². The first-order valence-corrected chi connectivity index (χ1v) is 7.24. The number of nitro groups is 1. The van der Waals surface area contributed by atoms with Gasteiger partial charge in [-0.2, -0.15) is 0 Å². The van der Waals surface area contributed by atoms with Crippen molar-refractivity contribution in [1.82, 2.24) is 5.32 Å². The Morgan fingerprint density at radius 3 is 2.65 bits per heavy atom. The van der Waals surface area contributed by atoms with Crippen molar-refractivity contribution in [2.45, 2.75) is 27.2 Å². The molecule has 8 heteroatoms. The van der Waals surface area contributed by atoms with Crippen molar-refractivity contribution < 1.29 is 19.2 Å². The van der Waals surface area contributed by atoms with Crippen molar-refractivity contribution >= 4 is 23.3 Å². The van der Waals surface area contributed by atoms with Gasteiger partial charge in [0.1, 0.15) is 5.69 Å². The fourth-order valence-corrected chi connectivity index (χ4v) is 2.06. The summed E-state index contributed by atoms with van der Waals surface area (Å²) in [6, 6.07) is 2.81. The number of anilines is 1. The molecule has 0 saturated carbocycles. The highest BCUT2D eigenvalue weighted by atomic mass is 16.6. The molecule has 0 aliphatic carbocycles. The van der Waals surface area contributed by atoms with Crippen LogP contribution in [-0.4, -0.2) is 30.0 Å². The Kier molecular flexibility index (Phi) is 6.49. The molecule has 3 N–H and O–H groups in total. The van der Waals surface area contributed by atoms with E-state index >= 15 is 0 Å². The van der Waals surface area contributed by atoms with Gasteiger partial charge in [-0.25, -0.2) is 0 Å². The number of nitrogens with two attached hydrogens (primary N) is 1. The Hall–Kier alpha value is -2.64. The van der Waals surface area contributed by atoms with Crippen molar-refractivity contribution in [2.75, 3.05) is 18.9 Å². The van der Waals surface area contributed by atoms with E-state index in [4.69, 9.17) is 10.5 Å². The van der Waals surface area contributed by atoms with Gasteiger partial charge in [0, 0.05) is 19.0 Å². The number of esters is 1. The number of nitro benzene ring substituents is 1. The first kappa shape index (κ1) is 18.4. The molecule has 126 valence electrons. The van der Waals surface area contributed by atoms with Crippen LogP contribution in [0.15, 0.2) is 12.1 Å². The normalized spacial score (nSPS) is 11.6. The number of ether oxygens (including phenoxy) is 1. The smallest absolute Gasteiger partial charge is 0.306 e. The molecule has 0 spiro atoms. The number of rotatable bonds is 7. The minimum absolute atomic E-state index is 0.0556. The highest BCUT2D eigenvalue weighted by Gasteiger charge is 2.21. The van der Waals surface area contributed by atoms with Gasteiger partial charge in [-0.15, -0.1) is 0 Å². The summed E-state index contributed by atoms with van der Waals surface area (Å²) < 4.78 is 4.83. The van der Waals surface area contributed by atoms with Gasteiger partial charge in [-0.3, -0.25) is 19.7 Å². The number of benzene rings is 1. The minimum atomic E-state index is -0.623. The average Bonchev–Trinajstić information content (AvgIpc) is 2.46. The van der Waals surface area contributed by atoms with Crippen LogP contribution in [0, 0.1) is 23.0 Å². The van der Waals surface area contributed by atoms with Gasteiger partial charge in [0.25, 0.3) is 11.6 Å². The van der Waals surface area contributed by atoms with Crippen molar-refractivity contribution in [2.24, 2.45) is 5.92 Å². The monoisotopic (exact) mass is 323 g/mol. The maximum Gasteiger partial charge on any atom is 0.306 e. The number of carbonyl (C=O) groups excluding carboxylic acids is 2. The molecule has 1 atom stereocenters. The molecule has 0 radical (unpaired) electrons. The number of nitrogen functional groups attached to an aromatic ring is 1. The average molecular weight is 323 g/mol. The van der Waals surface area contributed by atoms with Crippen molar-refractivity contribution in [3.05, 3.63) is 33.4 Å².